The molecule has 2 aliphatic rings. The summed E-state index contributed by atoms with van der Waals surface area (Å²) in [5.74, 6) is 1.78. The van der Waals surface area contributed by atoms with E-state index in [4.69, 9.17) is 15.0 Å². The lowest BCUT2D eigenvalue weighted by Crippen LogP contribution is -2.25. The van der Waals surface area contributed by atoms with Crippen molar-refractivity contribution in [1.29, 1.82) is 0 Å². The minimum absolute atomic E-state index is 0.404. The molecule has 3 heteroatoms. The van der Waals surface area contributed by atoms with Crippen LogP contribution in [-0.4, -0.2) is 15.0 Å². The van der Waals surface area contributed by atoms with Crippen LogP contribution in [0.5, 0.6) is 0 Å². The predicted molar refractivity (Wildman–Crippen MR) is 427 cm³/mol. The Morgan fingerprint density at radius 1 is 0.126 bits per heavy atom. The molecule has 0 atom stereocenters. The van der Waals surface area contributed by atoms with Crippen LogP contribution in [0.1, 0.15) is 22.3 Å². The lowest BCUT2D eigenvalue weighted by molar-refractivity contribution is 0.794. The third kappa shape index (κ3) is 11.1. The van der Waals surface area contributed by atoms with Gasteiger partial charge in [-0.1, -0.05) is 340 Å². The van der Waals surface area contributed by atoms with Gasteiger partial charge in [0, 0.05) is 16.7 Å². The molecular weight excluding hydrogens is 1240 g/mol. The number of benzene rings is 16. The summed E-state index contributed by atoms with van der Waals surface area (Å²) < 4.78 is 0. The van der Waals surface area contributed by atoms with Crippen LogP contribution in [0.15, 0.2) is 394 Å². The van der Waals surface area contributed by atoms with E-state index in [0.29, 0.717) is 17.5 Å². The van der Waals surface area contributed by atoms with E-state index in [1.807, 2.05) is 0 Å². The summed E-state index contributed by atoms with van der Waals surface area (Å²) in [6, 6.07) is 143. The quantitative estimate of drug-likeness (QED) is 0.115. The first kappa shape index (κ1) is 60.7. The molecule has 1 spiro atoms. The number of hydrogen-bond donors (Lipinski definition) is 0. The molecule has 19 rings (SSSR count). The van der Waals surface area contributed by atoms with E-state index >= 15 is 0 Å². The Labute approximate surface area is 600 Å². The fraction of sp³-hybridized carbons (Fsp3) is 0.0100. The summed E-state index contributed by atoms with van der Waals surface area (Å²) in [7, 11) is 0. The van der Waals surface area contributed by atoms with Gasteiger partial charge in [0.2, 0.25) is 0 Å². The zero-order chi connectivity index (χ0) is 68.2. The third-order valence-corrected chi connectivity index (χ3v) is 21.0. The molecule has 0 aliphatic heterocycles. The Hall–Kier alpha value is -13.5. The number of fused-ring (bicyclic) bond motifs is 10. The SMILES string of the molecule is c1ccc(-c2cccc(-c3cccc(-c4ccc(-c5nc(-c6ccc(-c7cccc(-c8cccc(-c9ccc%10c(c9)C9(c%11ccccc%11-c%11ccccc%119)c9ccccc9-%10)c8)c7)cc6)nc(-c6cccc(-c7cccc(-c8cccc(-c9cccc(-c%10ccccc%10)c9)c8)c7)c6)n5)cc4)c3)c2)cc1. The molecule has 2 aliphatic carbocycles. The van der Waals surface area contributed by atoms with E-state index in [0.717, 1.165) is 77.9 Å². The highest BCUT2D eigenvalue weighted by Gasteiger charge is 2.51. The number of nitrogens with zero attached hydrogens (tertiary/aromatic N) is 3. The Morgan fingerprint density at radius 2 is 0.320 bits per heavy atom. The second kappa shape index (κ2) is 25.7. The minimum atomic E-state index is -0.404. The molecule has 17 aromatic rings. The van der Waals surface area contributed by atoms with Gasteiger partial charge in [-0.3, -0.25) is 0 Å². The maximum atomic E-state index is 5.33. The van der Waals surface area contributed by atoms with Gasteiger partial charge >= 0.3 is 0 Å². The van der Waals surface area contributed by atoms with Crippen molar-refractivity contribution in [2.24, 2.45) is 0 Å². The molecule has 1 heterocycles. The minimum Gasteiger partial charge on any atom is -0.208 e. The molecule has 480 valence electrons. The summed E-state index contributed by atoms with van der Waals surface area (Å²) in [5.41, 5.74) is 36.0. The smallest absolute Gasteiger partial charge is 0.164 e. The van der Waals surface area contributed by atoms with Crippen molar-refractivity contribution in [3.63, 3.8) is 0 Å². The second-order valence-electron chi connectivity index (χ2n) is 27.0. The molecule has 3 nitrogen and oxygen atoms in total. The fourth-order valence-electron chi connectivity index (χ4n) is 15.9. The first-order valence-corrected chi connectivity index (χ1v) is 35.3. The van der Waals surface area contributed by atoms with Crippen LogP contribution in [0.4, 0.5) is 0 Å². The highest BCUT2D eigenvalue weighted by molar-refractivity contribution is 5.96. The van der Waals surface area contributed by atoms with E-state index in [1.165, 1.54) is 94.6 Å². The zero-order valence-electron chi connectivity index (χ0n) is 56.4. The van der Waals surface area contributed by atoms with Crippen molar-refractivity contribution in [3.05, 3.63) is 417 Å². The van der Waals surface area contributed by atoms with Crippen molar-refractivity contribution in [3.8, 4) is 168 Å². The van der Waals surface area contributed by atoms with Crippen LogP contribution in [0.3, 0.4) is 0 Å². The molecule has 16 aromatic carbocycles. The molecule has 0 radical (unpaired) electrons. The Morgan fingerprint density at radius 3 is 0.631 bits per heavy atom. The maximum Gasteiger partial charge on any atom is 0.164 e. The van der Waals surface area contributed by atoms with Gasteiger partial charge in [-0.2, -0.15) is 0 Å². The van der Waals surface area contributed by atoms with Gasteiger partial charge in [0.1, 0.15) is 0 Å². The van der Waals surface area contributed by atoms with Crippen LogP contribution < -0.4 is 0 Å². The Balaban J connectivity index is 0.643. The molecule has 0 unspecified atom stereocenters. The topological polar surface area (TPSA) is 38.7 Å². The van der Waals surface area contributed by atoms with Crippen molar-refractivity contribution in [2.45, 2.75) is 5.41 Å². The summed E-state index contributed by atoms with van der Waals surface area (Å²) in [5, 5.41) is 0. The monoisotopic (exact) mass is 1310 g/mol. The van der Waals surface area contributed by atoms with Gasteiger partial charge in [-0.25, -0.2) is 15.0 Å². The normalized spacial score (nSPS) is 12.2. The number of rotatable bonds is 13. The highest BCUT2D eigenvalue weighted by Crippen LogP contribution is 2.63. The first-order chi connectivity index (χ1) is 51.0. The summed E-state index contributed by atoms with van der Waals surface area (Å²) in [6.07, 6.45) is 0. The molecule has 1 aromatic heterocycles. The molecule has 0 fully saturated rings. The van der Waals surface area contributed by atoms with E-state index in [2.05, 4.69) is 394 Å². The van der Waals surface area contributed by atoms with Gasteiger partial charge in [-0.15, -0.1) is 0 Å². The lowest BCUT2D eigenvalue weighted by Gasteiger charge is -2.30. The number of aromatic nitrogens is 3. The summed E-state index contributed by atoms with van der Waals surface area (Å²) in [6.45, 7) is 0. The van der Waals surface area contributed by atoms with E-state index in [9.17, 15) is 0 Å². The van der Waals surface area contributed by atoms with Crippen LogP contribution >= 0.6 is 0 Å². The van der Waals surface area contributed by atoms with E-state index in [-0.39, 0.29) is 0 Å². The average Bonchev–Trinajstić information content (AvgIpc) is 1.51. The second-order valence-corrected chi connectivity index (χ2v) is 27.0. The molecule has 0 amide bonds. The fourth-order valence-corrected chi connectivity index (χ4v) is 15.9. The van der Waals surface area contributed by atoms with Gasteiger partial charge in [0.25, 0.3) is 0 Å². The number of hydrogen-bond acceptors (Lipinski definition) is 3. The molecular formula is C100H65N3. The average molecular weight is 1310 g/mol. The molecule has 0 bridgehead atoms. The van der Waals surface area contributed by atoms with Gasteiger partial charge in [-0.05, 0) is 210 Å². The first-order valence-electron chi connectivity index (χ1n) is 35.3. The Bertz CT molecular complexity index is 6050. The van der Waals surface area contributed by atoms with Crippen LogP contribution in [0, 0.1) is 0 Å². The van der Waals surface area contributed by atoms with E-state index < -0.39 is 5.41 Å². The summed E-state index contributed by atoms with van der Waals surface area (Å²) >= 11 is 0. The summed E-state index contributed by atoms with van der Waals surface area (Å²) in [4.78, 5) is 15.9. The predicted octanol–water partition coefficient (Wildman–Crippen LogP) is 25.9. The third-order valence-electron chi connectivity index (χ3n) is 21.0. The van der Waals surface area contributed by atoms with Crippen molar-refractivity contribution in [2.75, 3.05) is 0 Å². The zero-order valence-corrected chi connectivity index (χ0v) is 56.4. The van der Waals surface area contributed by atoms with Gasteiger partial charge < -0.3 is 0 Å². The van der Waals surface area contributed by atoms with Gasteiger partial charge in [0.15, 0.2) is 17.5 Å². The van der Waals surface area contributed by atoms with Gasteiger partial charge in [0.05, 0.1) is 5.41 Å². The van der Waals surface area contributed by atoms with E-state index in [1.54, 1.807) is 0 Å². The highest BCUT2D eigenvalue weighted by atomic mass is 15.0. The Kier molecular flexibility index (Phi) is 15.1. The van der Waals surface area contributed by atoms with Crippen molar-refractivity contribution >= 4 is 0 Å². The van der Waals surface area contributed by atoms with Crippen LogP contribution in [-0.2, 0) is 5.41 Å². The lowest BCUT2D eigenvalue weighted by atomic mass is 9.70. The molecule has 0 saturated carbocycles. The van der Waals surface area contributed by atoms with Crippen LogP contribution in [0.25, 0.3) is 168 Å². The largest absolute Gasteiger partial charge is 0.208 e. The molecule has 0 saturated heterocycles. The molecule has 103 heavy (non-hydrogen) atoms. The van der Waals surface area contributed by atoms with Crippen molar-refractivity contribution < 1.29 is 0 Å². The molecule has 0 N–H and O–H groups in total. The van der Waals surface area contributed by atoms with Crippen LogP contribution in [0.2, 0.25) is 0 Å². The maximum absolute atomic E-state index is 5.33. The standard InChI is InChI=1S/C100H65N3/c1-3-21-66(22-4-1)72-25-13-29-76(57-72)78-31-15-27-74(59-78)68-47-51-70(52-48-68)97-101-98(103-99(102-97)88-40-20-39-86(64-88)84-37-18-35-82(62-84)81-34-17-33-80(61-81)77-30-14-26-73(58-77)67-23-5-2-6-24-67)71-53-49-69(50-54-71)75-28-16-32-79(60-75)83-36-19-38-85(63-83)87-55-56-92-91-43-9-12-46-95(91)100(96(92)65-87)93-44-10-7-41-89(93)90-42-8-11-45-94(90)100/h1-65H. The van der Waals surface area contributed by atoms with Crippen molar-refractivity contribution in [1.82, 2.24) is 15.0 Å².